The summed E-state index contributed by atoms with van der Waals surface area (Å²) in [6, 6.07) is 6.64. The fourth-order valence-electron chi connectivity index (χ4n) is 2.99. The van der Waals surface area contributed by atoms with Gasteiger partial charge in [0, 0.05) is 29.3 Å². The van der Waals surface area contributed by atoms with E-state index < -0.39 is 0 Å². The highest BCUT2D eigenvalue weighted by Crippen LogP contribution is 2.31. The molecule has 0 amide bonds. The van der Waals surface area contributed by atoms with Gasteiger partial charge in [-0.05, 0) is 51.8 Å². The predicted octanol–water partition coefficient (Wildman–Crippen LogP) is 3.34. The maximum Gasteiger partial charge on any atom is 0.0805 e. The summed E-state index contributed by atoms with van der Waals surface area (Å²) < 4.78 is 7.11. The van der Waals surface area contributed by atoms with Gasteiger partial charge in [-0.1, -0.05) is 22.0 Å². The van der Waals surface area contributed by atoms with Crippen molar-refractivity contribution >= 4 is 21.6 Å². The fraction of sp³-hybridized carbons (Fsp3) is 0.625. The zero-order valence-corrected chi connectivity index (χ0v) is 14.4. The summed E-state index contributed by atoms with van der Waals surface area (Å²) in [6.07, 6.45) is 1.13. The Morgan fingerprint density at radius 3 is 2.80 bits per heavy atom. The van der Waals surface area contributed by atoms with Crippen LogP contribution in [-0.2, 0) is 11.2 Å². The predicted molar refractivity (Wildman–Crippen MR) is 88.3 cm³/mol. The molecule has 1 aromatic rings. The van der Waals surface area contributed by atoms with E-state index in [4.69, 9.17) is 10.5 Å². The van der Waals surface area contributed by atoms with Gasteiger partial charge in [0.15, 0.2) is 0 Å². The van der Waals surface area contributed by atoms with Gasteiger partial charge in [-0.2, -0.15) is 0 Å². The molecular weight excluding hydrogens is 316 g/mol. The molecule has 0 bridgehead atoms. The lowest BCUT2D eigenvalue weighted by Gasteiger charge is -2.43. The molecule has 1 aromatic carbocycles. The standard InChI is InChI=1S/C16H25BrN2O/c1-11(18)7-13-5-6-14(17)8-15(13)19-9-12(2)20-16(3,4)10-19/h5-6,8,11-12H,7,9-10,18H2,1-4H3. The molecule has 112 valence electrons. The van der Waals surface area contributed by atoms with E-state index in [0.29, 0.717) is 0 Å². The smallest absolute Gasteiger partial charge is 0.0805 e. The molecule has 2 unspecified atom stereocenters. The number of benzene rings is 1. The summed E-state index contributed by atoms with van der Waals surface area (Å²) in [6.45, 7) is 10.3. The van der Waals surface area contributed by atoms with Gasteiger partial charge in [-0.15, -0.1) is 0 Å². The molecule has 0 spiro atoms. The number of hydrogen-bond donors (Lipinski definition) is 1. The number of anilines is 1. The number of rotatable bonds is 3. The maximum atomic E-state index is 6.00. The van der Waals surface area contributed by atoms with Crippen LogP contribution in [0.5, 0.6) is 0 Å². The Balaban J connectivity index is 2.32. The van der Waals surface area contributed by atoms with Crippen LogP contribution < -0.4 is 10.6 Å². The summed E-state index contributed by atoms with van der Waals surface area (Å²) in [7, 11) is 0. The second-order valence-electron chi connectivity index (χ2n) is 6.52. The van der Waals surface area contributed by atoms with Crippen molar-refractivity contribution < 1.29 is 4.74 Å². The van der Waals surface area contributed by atoms with Crippen molar-refractivity contribution in [3.63, 3.8) is 0 Å². The Bertz CT molecular complexity index is 474. The third-order valence-corrected chi connectivity index (χ3v) is 3.99. The molecular formula is C16H25BrN2O. The molecule has 2 rings (SSSR count). The average Bonchev–Trinajstić information content (AvgIpc) is 2.28. The first-order valence-electron chi connectivity index (χ1n) is 7.23. The molecule has 1 aliphatic rings. The molecule has 2 atom stereocenters. The number of halogens is 1. The summed E-state index contributed by atoms with van der Waals surface area (Å²) >= 11 is 3.58. The summed E-state index contributed by atoms with van der Waals surface area (Å²) in [5, 5.41) is 0. The van der Waals surface area contributed by atoms with Crippen molar-refractivity contribution in [3.05, 3.63) is 28.2 Å². The van der Waals surface area contributed by atoms with Crippen LogP contribution in [0.15, 0.2) is 22.7 Å². The Labute approximate surface area is 130 Å². The minimum absolute atomic E-state index is 0.119. The number of ether oxygens (including phenoxy) is 1. The van der Waals surface area contributed by atoms with Crippen molar-refractivity contribution in [1.82, 2.24) is 0 Å². The zero-order valence-electron chi connectivity index (χ0n) is 12.8. The third kappa shape index (κ3) is 3.96. The van der Waals surface area contributed by atoms with Crippen molar-refractivity contribution in [2.24, 2.45) is 5.73 Å². The van der Waals surface area contributed by atoms with Crippen LogP contribution in [0.1, 0.15) is 33.3 Å². The minimum Gasteiger partial charge on any atom is -0.369 e. The van der Waals surface area contributed by atoms with E-state index in [1.54, 1.807) is 0 Å². The van der Waals surface area contributed by atoms with Gasteiger partial charge in [0.05, 0.1) is 11.7 Å². The van der Waals surface area contributed by atoms with Gasteiger partial charge in [0.25, 0.3) is 0 Å². The first-order chi connectivity index (χ1) is 9.27. The second kappa shape index (κ2) is 6.04. The van der Waals surface area contributed by atoms with Crippen molar-refractivity contribution in [2.45, 2.75) is 51.9 Å². The Kier molecular flexibility index (Phi) is 4.77. The highest BCUT2D eigenvalue weighted by atomic mass is 79.9. The third-order valence-electron chi connectivity index (χ3n) is 3.50. The van der Waals surface area contributed by atoms with E-state index in [-0.39, 0.29) is 17.7 Å². The number of nitrogens with zero attached hydrogens (tertiary/aromatic N) is 1. The topological polar surface area (TPSA) is 38.5 Å². The van der Waals surface area contributed by atoms with Gasteiger partial charge in [0.2, 0.25) is 0 Å². The summed E-state index contributed by atoms with van der Waals surface area (Å²) in [5.41, 5.74) is 8.46. The molecule has 0 radical (unpaired) electrons. The van der Waals surface area contributed by atoms with Gasteiger partial charge in [-0.25, -0.2) is 0 Å². The monoisotopic (exact) mass is 340 g/mol. The minimum atomic E-state index is -0.119. The molecule has 1 saturated heterocycles. The Hall–Kier alpha value is -0.580. The fourth-order valence-corrected chi connectivity index (χ4v) is 3.34. The highest BCUT2D eigenvalue weighted by Gasteiger charge is 2.32. The average molecular weight is 341 g/mol. The molecule has 1 fully saturated rings. The molecule has 1 heterocycles. The summed E-state index contributed by atoms with van der Waals surface area (Å²) in [4.78, 5) is 2.43. The normalized spacial score (nSPS) is 23.7. The van der Waals surface area contributed by atoms with Gasteiger partial charge in [-0.3, -0.25) is 0 Å². The lowest BCUT2D eigenvalue weighted by Crippen LogP contribution is -2.52. The largest absolute Gasteiger partial charge is 0.369 e. The van der Waals surface area contributed by atoms with Crippen LogP contribution in [0.2, 0.25) is 0 Å². The zero-order chi connectivity index (χ0) is 14.9. The molecule has 1 aliphatic heterocycles. The quantitative estimate of drug-likeness (QED) is 0.916. The van der Waals surface area contributed by atoms with E-state index in [0.717, 1.165) is 24.0 Å². The van der Waals surface area contributed by atoms with Crippen LogP contribution in [0.4, 0.5) is 5.69 Å². The van der Waals surface area contributed by atoms with Gasteiger partial charge in [0.1, 0.15) is 0 Å². The Morgan fingerprint density at radius 1 is 1.50 bits per heavy atom. The molecule has 20 heavy (non-hydrogen) atoms. The maximum absolute atomic E-state index is 6.00. The molecule has 2 N–H and O–H groups in total. The second-order valence-corrected chi connectivity index (χ2v) is 7.44. The van der Waals surface area contributed by atoms with Crippen molar-refractivity contribution in [3.8, 4) is 0 Å². The van der Waals surface area contributed by atoms with Gasteiger partial charge >= 0.3 is 0 Å². The van der Waals surface area contributed by atoms with Crippen molar-refractivity contribution in [2.75, 3.05) is 18.0 Å². The van der Waals surface area contributed by atoms with Crippen LogP contribution >= 0.6 is 15.9 Å². The lowest BCUT2D eigenvalue weighted by atomic mass is 10.0. The van der Waals surface area contributed by atoms with E-state index in [2.05, 4.69) is 66.7 Å². The number of morpholine rings is 1. The first kappa shape index (κ1) is 15.8. The van der Waals surface area contributed by atoms with Crippen LogP contribution in [0, 0.1) is 0 Å². The van der Waals surface area contributed by atoms with E-state index in [1.165, 1.54) is 11.3 Å². The SMILES string of the molecule is CC(N)Cc1ccc(Br)cc1N1CC(C)OC(C)(C)C1. The molecule has 3 nitrogen and oxygen atoms in total. The molecule has 0 saturated carbocycles. The van der Waals surface area contributed by atoms with Crippen LogP contribution in [0.25, 0.3) is 0 Å². The van der Waals surface area contributed by atoms with Crippen LogP contribution in [-0.4, -0.2) is 30.8 Å². The Morgan fingerprint density at radius 2 is 2.20 bits per heavy atom. The summed E-state index contributed by atoms with van der Waals surface area (Å²) in [5.74, 6) is 0. The number of hydrogen-bond acceptors (Lipinski definition) is 3. The van der Waals surface area contributed by atoms with E-state index >= 15 is 0 Å². The molecule has 0 aliphatic carbocycles. The molecule has 0 aromatic heterocycles. The lowest BCUT2D eigenvalue weighted by molar-refractivity contribution is -0.0750. The number of nitrogens with two attached hydrogens (primary N) is 1. The first-order valence-corrected chi connectivity index (χ1v) is 8.03. The van der Waals surface area contributed by atoms with E-state index in [1.807, 2.05) is 0 Å². The molecule has 4 heteroatoms. The van der Waals surface area contributed by atoms with Crippen molar-refractivity contribution in [1.29, 1.82) is 0 Å². The van der Waals surface area contributed by atoms with Gasteiger partial charge < -0.3 is 15.4 Å². The van der Waals surface area contributed by atoms with E-state index in [9.17, 15) is 0 Å². The van der Waals surface area contributed by atoms with Crippen LogP contribution in [0.3, 0.4) is 0 Å². The highest BCUT2D eigenvalue weighted by molar-refractivity contribution is 9.10.